The summed E-state index contributed by atoms with van der Waals surface area (Å²) in [5, 5.41) is 12.1. The molecule has 0 spiro atoms. The van der Waals surface area contributed by atoms with Crippen molar-refractivity contribution in [2.75, 3.05) is 24.3 Å². The first-order chi connectivity index (χ1) is 15.4. The van der Waals surface area contributed by atoms with Crippen LogP contribution >= 0.6 is 0 Å². The zero-order valence-corrected chi connectivity index (χ0v) is 17.4. The van der Waals surface area contributed by atoms with Gasteiger partial charge >= 0.3 is 0 Å². The Bertz CT molecular complexity index is 1400. The Hall–Kier alpha value is -4.64. The molecule has 8 heteroatoms. The van der Waals surface area contributed by atoms with Crippen molar-refractivity contribution in [2.24, 2.45) is 0 Å². The third kappa shape index (κ3) is 4.27. The molecule has 4 rings (SSSR count). The molecule has 0 aliphatic rings. The second-order valence-corrected chi connectivity index (χ2v) is 7.23. The lowest BCUT2D eigenvalue weighted by atomic mass is 10.1. The van der Waals surface area contributed by atoms with Crippen molar-refractivity contribution in [3.63, 3.8) is 0 Å². The number of fused-ring (bicyclic) bond motifs is 1. The maximum atomic E-state index is 12.8. The summed E-state index contributed by atoms with van der Waals surface area (Å²) in [6.45, 7) is 0. The van der Waals surface area contributed by atoms with E-state index in [-0.39, 0.29) is 11.5 Å². The predicted octanol–water partition coefficient (Wildman–Crippen LogP) is 3.91. The van der Waals surface area contributed by atoms with Crippen LogP contribution in [0.1, 0.15) is 15.9 Å². The van der Waals surface area contributed by atoms with Gasteiger partial charge in [-0.1, -0.05) is 6.07 Å². The van der Waals surface area contributed by atoms with Gasteiger partial charge in [0.1, 0.15) is 5.75 Å². The van der Waals surface area contributed by atoms with Gasteiger partial charge in [-0.05, 0) is 48.5 Å². The van der Waals surface area contributed by atoms with E-state index in [1.54, 1.807) is 42.5 Å². The lowest BCUT2D eigenvalue weighted by Gasteiger charge is -2.16. The van der Waals surface area contributed by atoms with E-state index in [1.165, 1.54) is 6.33 Å². The minimum atomic E-state index is -0.384. The molecule has 0 saturated carbocycles. The van der Waals surface area contributed by atoms with E-state index < -0.39 is 0 Å². The molecule has 1 amide bonds. The van der Waals surface area contributed by atoms with E-state index in [0.717, 1.165) is 5.69 Å². The zero-order chi connectivity index (χ0) is 22.7. The number of anilines is 2. The molecule has 0 fully saturated rings. The molecule has 1 heterocycles. The highest BCUT2D eigenvalue weighted by Gasteiger charge is 2.15. The maximum Gasteiger partial charge on any atom is 0.258 e. The van der Waals surface area contributed by atoms with Gasteiger partial charge in [-0.25, -0.2) is 4.98 Å². The van der Waals surface area contributed by atoms with Crippen LogP contribution in [0.4, 0.5) is 11.4 Å². The Kier molecular flexibility index (Phi) is 5.55. The van der Waals surface area contributed by atoms with E-state index in [9.17, 15) is 9.59 Å². The molecule has 2 N–H and O–H groups in total. The largest absolute Gasteiger partial charge is 0.455 e. The molecule has 0 saturated heterocycles. The average Bonchev–Trinajstić information content (AvgIpc) is 2.80. The van der Waals surface area contributed by atoms with E-state index in [4.69, 9.17) is 10.00 Å². The Balaban J connectivity index is 1.74. The molecular weight excluding hydrogens is 406 g/mol. The molecule has 158 valence electrons. The Morgan fingerprint density at radius 1 is 1.12 bits per heavy atom. The average molecular weight is 425 g/mol. The highest BCUT2D eigenvalue weighted by atomic mass is 16.5. The molecule has 0 unspecified atom stereocenters. The second kappa shape index (κ2) is 8.62. The predicted molar refractivity (Wildman–Crippen MR) is 122 cm³/mol. The van der Waals surface area contributed by atoms with Crippen LogP contribution < -0.4 is 20.5 Å². The molecule has 3 aromatic carbocycles. The van der Waals surface area contributed by atoms with Crippen LogP contribution in [0.15, 0.2) is 71.8 Å². The molecule has 0 bridgehead atoms. The van der Waals surface area contributed by atoms with Crippen molar-refractivity contribution in [1.82, 2.24) is 9.97 Å². The minimum Gasteiger partial charge on any atom is -0.455 e. The van der Waals surface area contributed by atoms with Crippen LogP contribution in [0.5, 0.6) is 11.5 Å². The molecule has 0 atom stereocenters. The van der Waals surface area contributed by atoms with Crippen molar-refractivity contribution >= 4 is 28.2 Å². The number of rotatable bonds is 5. The summed E-state index contributed by atoms with van der Waals surface area (Å²) < 4.78 is 6.07. The third-order valence-corrected chi connectivity index (χ3v) is 4.83. The molecular formula is C24H19N5O3. The number of H-pyrrole nitrogens is 1. The number of carbonyl (C=O) groups excluding carboxylic acids is 1. The Morgan fingerprint density at radius 2 is 1.91 bits per heavy atom. The fraction of sp³-hybridized carbons (Fsp3) is 0.0833. The van der Waals surface area contributed by atoms with Gasteiger partial charge in [-0.3, -0.25) is 9.59 Å². The van der Waals surface area contributed by atoms with Gasteiger partial charge in [0.25, 0.3) is 11.5 Å². The summed E-state index contributed by atoms with van der Waals surface area (Å²) >= 11 is 0. The van der Waals surface area contributed by atoms with Gasteiger partial charge < -0.3 is 19.9 Å². The highest BCUT2D eigenvalue weighted by Crippen LogP contribution is 2.34. The first-order valence-electron chi connectivity index (χ1n) is 9.73. The van der Waals surface area contributed by atoms with E-state index in [0.29, 0.717) is 39.2 Å². The van der Waals surface area contributed by atoms with Crippen LogP contribution in [0.25, 0.3) is 10.9 Å². The van der Waals surface area contributed by atoms with Crippen molar-refractivity contribution in [3.05, 3.63) is 88.5 Å². The van der Waals surface area contributed by atoms with Gasteiger partial charge in [0.15, 0.2) is 5.75 Å². The van der Waals surface area contributed by atoms with Gasteiger partial charge in [-0.15, -0.1) is 0 Å². The standard InChI is InChI=1S/C24H19N5O3/c1-29(2)17-4-3-5-18(10-17)32-22-11-19-20(26-14-27-24(19)31)12-21(22)28-23(30)16-8-6-15(13-25)7-9-16/h3-12,14H,1-2H3,(H,28,30)(H,26,27,31). The van der Waals surface area contributed by atoms with Crippen molar-refractivity contribution < 1.29 is 9.53 Å². The molecule has 8 nitrogen and oxygen atoms in total. The van der Waals surface area contributed by atoms with E-state index >= 15 is 0 Å². The van der Waals surface area contributed by atoms with Crippen LogP contribution in [0.2, 0.25) is 0 Å². The Labute approximate surface area is 183 Å². The highest BCUT2D eigenvalue weighted by molar-refractivity contribution is 6.06. The Morgan fingerprint density at radius 3 is 2.62 bits per heavy atom. The SMILES string of the molecule is CN(C)c1cccc(Oc2cc3c(=O)[nH]cnc3cc2NC(=O)c2ccc(C#N)cc2)c1. The molecule has 0 radical (unpaired) electrons. The minimum absolute atomic E-state index is 0.300. The first-order valence-corrected chi connectivity index (χ1v) is 9.73. The maximum absolute atomic E-state index is 12.8. The molecule has 4 aromatic rings. The number of benzene rings is 3. The van der Waals surface area contributed by atoms with Gasteiger partial charge in [0.2, 0.25) is 0 Å². The molecule has 0 aliphatic carbocycles. The number of ether oxygens (including phenoxy) is 1. The summed E-state index contributed by atoms with van der Waals surface area (Å²) in [5.74, 6) is 0.462. The van der Waals surface area contributed by atoms with E-state index in [2.05, 4.69) is 15.3 Å². The number of amides is 1. The third-order valence-electron chi connectivity index (χ3n) is 4.83. The molecule has 32 heavy (non-hydrogen) atoms. The first kappa shape index (κ1) is 20.6. The summed E-state index contributed by atoms with van der Waals surface area (Å²) in [4.78, 5) is 33.8. The number of aromatic amines is 1. The van der Waals surface area contributed by atoms with Crippen molar-refractivity contribution in [1.29, 1.82) is 5.26 Å². The summed E-state index contributed by atoms with van der Waals surface area (Å²) in [5.41, 5.74) is 2.24. The van der Waals surface area contributed by atoms with Gasteiger partial charge in [-0.2, -0.15) is 5.26 Å². The quantitative estimate of drug-likeness (QED) is 0.502. The summed E-state index contributed by atoms with van der Waals surface area (Å²) in [6, 6.07) is 18.9. The number of nitriles is 1. The molecule has 1 aromatic heterocycles. The number of nitrogens with one attached hydrogen (secondary N) is 2. The van der Waals surface area contributed by atoms with Gasteiger partial charge in [0.05, 0.1) is 34.6 Å². The number of hydrogen-bond donors (Lipinski definition) is 2. The lowest BCUT2D eigenvalue weighted by Crippen LogP contribution is -2.14. The topological polar surface area (TPSA) is 111 Å². The lowest BCUT2D eigenvalue weighted by molar-refractivity contribution is 0.102. The number of carbonyl (C=O) groups is 1. The second-order valence-electron chi connectivity index (χ2n) is 7.23. The summed E-state index contributed by atoms with van der Waals surface area (Å²) in [7, 11) is 3.84. The van der Waals surface area contributed by atoms with Gasteiger partial charge in [0, 0.05) is 31.4 Å². The number of nitrogens with zero attached hydrogens (tertiary/aromatic N) is 3. The van der Waals surface area contributed by atoms with Crippen LogP contribution in [0, 0.1) is 11.3 Å². The van der Waals surface area contributed by atoms with Crippen molar-refractivity contribution in [3.8, 4) is 17.6 Å². The fourth-order valence-corrected chi connectivity index (χ4v) is 3.12. The van der Waals surface area contributed by atoms with Crippen LogP contribution in [0.3, 0.4) is 0 Å². The zero-order valence-electron chi connectivity index (χ0n) is 17.4. The number of hydrogen-bond acceptors (Lipinski definition) is 6. The van der Waals surface area contributed by atoms with Crippen molar-refractivity contribution in [2.45, 2.75) is 0 Å². The smallest absolute Gasteiger partial charge is 0.258 e. The summed E-state index contributed by atoms with van der Waals surface area (Å²) in [6.07, 6.45) is 1.30. The molecule has 0 aliphatic heterocycles. The monoisotopic (exact) mass is 425 g/mol. The fourth-order valence-electron chi connectivity index (χ4n) is 3.12. The van der Waals surface area contributed by atoms with E-state index in [1.807, 2.05) is 43.3 Å². The normalized spacial score (nSPS) is 10.4. The van der Waals surface area contributed by atoms with Crippen LogP contribution in [-0.4, -0.2) is 30.0 Å². The number of aromatic nitrogens is 2. The van der Waals surface area contributed by atoms with Crippen LogP contribution in [-0.2, 0) is 0 Å².